The maximum atomic E-state index is 13.1. The Hall–Kier alpha value is -1.72. The predicted molar refractivity (Wildman–Crippen MR) is 66.0 cm³/mol. The Balaban J connectivity index is 2.41. The number of ether oxygens (including phenoxy) is 1. The molecule has 1 aromatic heterocycles. The molecule has 0 saturated heterocycles. The summed E-state index contributed by atoms with van der Waals surface area (Å²) in [6.45, 7) is 0. The van der Waals surface area contributed by atoms with Crippen LogP contribution in [0.1, 0.15) is 17.3 Å². The molecule has 0 bridgehead atoms. The summed E-state index contributed by atoms with van der Waals surface area (Å²) < 4.78 is 18.2. The van der Waals surface area contributed by atoms with Gasteiger partial charge in [-0.25, -0.2) is 9.37 Å². The summed E-state index contributed by atoms with van der Waals surface area (Å²) in [6, 6.07) is 3.71. The smallest absolute Gasteiger partial charge is 0.237 e. The summed E-state index contributed by atoms with van der Waals surface area (Å²) in [5, 5.41) is 0.0193. The topological polar surface area (TPSA) is 61.0 Å². The standard InChI is InChI=1S/C12H11ClFN3O/c1-18-12-11(16-4-5-17-12)10(15)7-2-3-9(14)8(13)6-7/h2-6,10H,15H2,1H3. The van der Waals surface area contributed by atoms with Crippen molar-refractivity contribution in [1.29, 1.82) is 0 Å². The SMILES string of the molecule is COc1nccnc1C(N)c1ccc(F)c(Cl)c1. The predicted octanol–water partition coefficient (Wildman–Crippen LogP) is 2.33. The lowest BCUT2D eigenvalue weighted by atomic mass is 10.0. The summed E-state index contributed by atoms with van der Waals surface area (Å²) in [5.41, 5.74) is 7.16. The second-order valence-electron chi connectivity index (χ2n) is 3.60. The normalized spacial score (nSPS) is 12.2. The molecular weight excluding hydrogens is 257 g/mol. The highest BCUT2D eigenvalue weighted by Gasteiger charge is 2.17. The zero-order valence-electron chi connectivity index (χ0n) is 9.60. The fourth-order valence-electron chi connectivity index (χ4n) is 1.57. The maximum absolute atomic E-state index is 13.1. The van der Waals surface area contributed by atoms with E-state index in [1.54, 1.807) is 6.07 Å². The third-order valence-electron chi connectivity index (χ3n) is 2.48. The van der Waals surface area contributed by atoms with Crippen molar-refractivity contribution in [3.8, 4) is 5.88 Å². The largest absolute Gasteiger partial charge is 0.480 e. The first-order chi connectivity index (χ1) is 8.63. The molecule has 1 atom stereocenters. The van der Waals surface area contributed by atoms with Crippen LogP contribution in [0.3, 0.4) is 0 Å². The summed E-state index contributed by atoms with van der Waals surface area (Å²) in [4.78, 5) is 8.14. The van der Waals surface area contributed by atoms with Crippen LogP contribution in [-0.4, -0.2) is 17.1 Å². The van der Waals surface area contributed by atoms with Crippen LogP contribution in [-0.2, 0) is 0 Å². The molecule has 1 unspecified atom stereocenters. The molecule has 0 spiro atoms. The molecule has 1 aromatic carbocycles. The van der Waals surface area contributed by atoms with Crippen LogP contribution in [0.25, 0.3) is 0 Å². The van der Waals surface area contributed by atoms with E-state index in [-0.39, 0.29) is 5.02 Å². The number of nitrogens with two attached hydrogens (primary N) is 1. The van der Waals surface area contributed by atoms with Gasteiger partial charge >= 0.3 is 0 Å². The van der Waals surface area contributed by atoms with Gasteiger partial charge in [0.15, 0.2) is 0 Å². The highest BCUT2D eigenvalue weighted by atomic mass is 35.5. The Kier molecular flexibility index (Phi) is 3.74. The molecule has 6 heteroatoms. The van der Waals surface area contributed by atoms with Gasteiger partial charge in [0.05, 0.1) is 18.2 Å². The van der Waals surface area contributed by atoms with Crippen LogP contribution in [0, 0.1) is 5.82 Å². The highest BCUT2D eigenvalue weighted by Crippen LogP contribution is 2.26. The molecule has 0 aliphatic heterocycles. The van der Waals surface area contributed by atoms with Gasteiger partial charge in [-0.05, 0) is 17.7 Å². The third-order valence-corrected chi connectivity index (χ3v) is 2.77. The number of halogens is 2. The Morgan fingerprint density at radius 2 is 2.06 bits per heavy atom. The van der Waals surface area contributed by atoms with Gasteiger partial charge in [-0.2, -0.15) is 0 Å². The number of nitrogens with zero attached hydrogens (tertiary/aromatic N) is 2. The van der Waals surface area contributed by atoms with Crippen molar-refractivity contribution >= 4 is 11.6 Å². The quantitative estimate of drug-likeness (QED) is 0.927. The molecule has 2 aromatic rings. The van der Waals surface area contributed by atoms with Crippen LogP contribution < -0.4 is 10.5 Å². The Bertz CT molecular complexity index is 565. The average molecular weight is 268 g/mol. The minimum absolute atomic E-state index is 0.0193. The molecule has 0 aliphatic rings. The van der Waals surface area contributed by atoms with Crippen LogP contribution in [0.4, 0.5) is 4.39 Å². The fourth-order valence-corrected chi connectivity index (χ4v) is 1.76. The van der Waals surface area contributed by atoms with Gasteiger partial charge in [0.1, 0.15) is 11.5 Å². The van der Waals surface area contributed by atoms with E-state index in [0.29, 0.717) is 17.1 Å². The van der Waals surface area contributed by atoms with E-state index in [1.165, 1.54) is 31.6 Å². The van der Waals surface area contributed by atoms with Crippen molar-refractivity contribution < 1.29 is 9.13 Å². The van der Waals surface area contributed by atoms with Crippen LogP contribution in [0.5, 0.6) is 5.88 Å². The van der Waals surface area contributed by atoms with E-state index in [0.717, 1.165) is 0 Å². The Morgan fingerprint density at radius 3 is 2.72 bits per heavy atom. The number of aromatic nitrogens is 2. The minimum atomic E-state index is -0.577. The van der Waals surface area contributed by atoms with E-state index in [1.807, 2.05) is 0 Å². The summed E-state index contributed by atoms with van der Waals surface area (Å²) in [7, 11) is 1.48. The molecule has 0 aliphatic carbocycles. The number of rotatable bonds is 3. The Morgan fingerprint density at radius 1 is 1.33 bits per heavy atom. The fraction of sp³-hybridized carbons (Fsp3) is 0.167. The van der Waals surface area contributed by atoms with Crippen molar-refractivity contribution in [2.75, 3.05) is 7.11 Å². The summed E-state index contributed by atoms with van der Waals surface area (Å²) in [6.07, 6.45) is 3.02. The summed E-state index contributed by atoms with van der Waals surface area (Å²) >= 11 is 5.72. The van der Waals surface area contributed by atoms with Crippen molar-refractivity contribution in [3.63, 3.8) is 0 Å². The van der Waals surface area contributed by atoms with E-state index in [2.05, 4.69) is 9.97 Å². The van der Waals surface area contributed by atoms with Gasteiger partial charge in [0.2, 0.25) is 5.88 Å². The van der Waals surface area contributed by atoms with Crippen molar-refractivity contribution in [2.24, 2.45) is 5.73 Å². The molecule has 4 nitrogen and oxygen atoms in total. The first kappa shape index (κ1) is 12.7. The molecule has 0 amide bonds. The molecule has 2 rings (SSSR count). The maximum Gasteiger partial charge on any atom is 0.237 e. The zero-order chi connectivity index (χ0) is 13.1. The number of hydrogen-bond acceptors (Lipinski definition) is 4. The van der Waals surface area contributed by atoms with E-state index >= 15 is 0 Å². The van der Waals surface area contributed by atoms with Gasteiger partial charge in [0, 0.05) is 12.4 Å². The molecule has 1 heterocycles. The monoisotopic (exact) mass is 267 g/mol. The lowest BCUT2D eigenvalue weighted by Gasteiger charge is -2.14. The molecule has 0 saturated carbocycles. The van der Waals surface area contributed by atoms with E-state index in [4.69, 9.17) is 22.1 Å². The molecule has 18 heavy (non-hydrogen) atoms. The van der Waals surface area contributed by atoms with Crippen LogP contribution in [0.15, 0.2) is 30.6 Å². The molecule has 0 fully saturated rings. The second-order valence-corrected chi connectivity index (χ2v) is 4.01. The van der Waals surface area contributed by atoms with Gasteiger partial charge in [-0.15, -0.1) is 0 Å². The van der Waals surface area contributed by atoms with Gasteiger partial charge in [-0.3, -0.25) is 4.98 Å². The minimum Gasteiger partial charge on any atom is -0.480 e. The van der Waals surface area contributed by atoms with Crippen molar-refractivity contribution in [1.82, 2.24) is 9.97 Å². The number of hydrogen-bond donors (Lipinski definition) is 1. The van der Waals surface area contributed by atoms with Gasteiger partial charge < -0.3 is 10.5 Å². The second kappa shape index (κ2) is 5.29. The number of methoxy groups -OCH3 is 1. The van der Waals surface area contributed by atoms with Gasteiger partial charge in [-0.1, -0.05) is 17.7 Å². The van der Waals surface area contributed by atoms with E-state index < -0.39 is 11.9 Å². The first-order valence-electron chi connectivity index (χ1n) is 5.19. The Labute approximate surface area is 109 Å². The molecular formula is C12H11ClFN3O. The molecule has 2 N–H and O–H groups in total. The van der Waals surface area contributed by atoms with Crippen LogP contribution in [0.2, 0.25) is 5.02 Å². The van der Waals surface area contributed by atoms with Gasteiger partial charge in [0.25, 0.3) is 0 Å². The lowest BCUT2D eigenvalue weighted by molar-refractivity contribution is 0.387. The lowest BCUT2D eigenvalue weighted by Crippen LogP contribution is -2.15. The van der Waals surface area contributed by atoms with Crippen molar-refractivity contribution in [2.45, 2.75) is 6.04 Å². The third kappa shape index (κ3) is 2.42. The van der Waals surface area contributed by atoms with Crippen molar-refractivity contribution in [3.05, 3.63) is 52.7 Å². The first-order valence-corrected chi connectivity index (χ1v) is 5.56. The molecule has 94 valence electrons. The number of benzene rings is 1. The zero-order valence-corrected chi connectivity index (χ0v) is 10.4. The average Bonchev–Trinajstić information content (AvgIpc) is 2.41. The molecule has 0 radical (unpaired) electrons. The van der Waals surface area contributed by atoms with Crippen LogP contribution >= 0.6 is 11.6 Å². The van der Waals surface area contributed by atoms with E-state index in [9.17, 15) is 4.39 Å². The summed E-state index contributed by atoms with van der Waals surface area (Å²) in [5.74, 6) is -0.149. The highest BCUT2D eigenvalue weighted by molar-refractivity contribution is 6.30.